The third kappa shape index (κ3) is 8.79. The second-order valence-corrected chi connectivity index (χ2v) is 13.6. The number of aryl methyl sites for hydroxylation is 1. The van der Waals surface area contributed by atoms with Crippen LogP contribution in [0, 0.1) is 6.92 Å². The van der Waals surface area contributed by atoms with Crippen LogP contribution in [0.4, 0.5) is 5.69 Å². The van der Waals surface area contributed by atoms with Crippen LogP contribution in [0.2, 0.25) is 15.1 Å². The Morgan fingerprint density at radius 1 is 0.822 bits per heavy atom. The molecule has 45 heavy (non-hydrogen) atoms. The van der Waals surface area contributed by atoms with Gasteiger partial charge in [0.05, 0.1) is 20.6 Å². The van der Waals surface area contributed by atoms with Crippen molar-refractivity contribution in [2.24, 2.45) is 0 Å². The lowest BCUT2D eigenvalue weighted by molar-refractivity contribution is -0.140. The second-order valence-electron chi connectivity index (χ2n) is 10.5. The summed E-state index contributed by atoms with van der Waals surface area (Å²) in [5, 5.41) is 3.87. The first-order chi connectivity index (χ1) is 21.5. The minimum atomic E-state index is -4.24. The summed E-state index contributed by atoms with van der Waals surface area (Å²) in [6, 6.07) is 26.1. The second kappa shape index (κ2) is 15.6. The highest BCUT2D eigenvalue weighted by atomic mass is 35.5. The maximum atomic E-state index is 14.5. The van der Waals surface area contributed by atoms with Gasteiger partial charge in [0.1, 0.15) is 12.6 Å². The summed E-state index contributed by atoms with van der Waals surface area (Å²) in [7, 11) is -4.24. The summed E-state index contributed by atoms with van der Waals surface area (Å²) in [6.07, 6.45) is 0.896. The molecule has 1 atom stereocenters. The number of hydrogen-bond donors (Lipinski definition) is 1. The van der Waals surface area contributed by atoms with Gasteiger partial charge in [-0.3, -0.25) is 13.9 Å². The number of anilines is 1. The smallest absolute Gasteiger partial charge is 0.264 e. The summed E-state index contributed by atoms with van der Waals surface area (Å²) < 4.78 is 29.3. The SMILES string of the molecule is CCCNC(=O)[C@H](Cc1ccccc1)N(Cc1ccc(Cl)c(Cl)c1)C(=O)CN(c1cc(Cl)ccc1C)S(=O)(=O)c1ccccc1. The van der Waals surface area contributed by atoms with Gasteiger partial charge >= 0.3 is 0 Å². The molecule has 236 valence electrons. The standard InChI is InChI=1S/C34H34Cl3N3O4S/c1-3-18-38-34(42)32(20-25-10-6-4-7-11-25)39(22-26-15-17-29(36)30(37)19-26)33(41)23-40(31-21-27(35)16-14-24(31)2)45(43,44)28-12-8-5-9-13-28/h4-17,19,21,32H,3,18,20,22-23H2,1-2H3,(H,38,42)/t32-/m0/s1. The van der Waals surface area contributed by atoms with Crippen molar-refractivity contribution in [2.45, 2.75) is 44.2 Å². The number of hydrogen-bond acceptors (Lipinski definition) is 4. The van der Waals surface area contributed by atoms with Gasteiger partial charge in [0.25, 0.3) is 10.0 Å². The Hall–Kier alpha value is -3.56. The monoisotopic (exact) mass is 685 g/mol. The molecule has 0 radical (unpaired) electrons. The number of sulfonamides is 1. The van der Waals surface area contributed by atoms with Crippen molar-refractivity contribution in [2.75, 3.05) is 17.4 Å². The van der Waals surface area contributed by atoms with Crippen LogP contribution in [-0.2, 0) is 32.6 Å². The van der Waals surface area contributed by atoms with Crippen molar-refractivity contribution in [3.05, 3.63) is 129 Å². The molecule has 7 nitrogen and oxygen atoms in total. The van der Waals surface area contributed by atoms with Gasteiger partial charge < -0.3 is 10.2 Å². The zero-order valence-electron chi connectivity index (χ0n) is 24.9. The van der Waals surface area contributed by atoms with Gasteiger partial charge in [-0.25, -0.2) is 8.42 Å². The maximum Gasteiger partial charge on any atom is 0.264 e. The summed E-state index contributed by atoms with van der Waals surface area (Å²) in [6.45, 7) is 3.47. The number of carbonyl (C=O) groups excluding carboxylic acids is 2. The molecule has 0 aromatic heterocycles. The molecule has 2 amide bonds. The van der Waals surface area contributed by atoms with E-state index in [1.54, 1.807) is 55.5 Å². The molecule has 0 heterocycles. The van der Waals surface area contributed by atoms with Crippen molar-refractivity contribution in [1.82, 2.24) is 10.2 Å². The summed E-state index contributed by atoms with van der Waals surface area (Å²) in [4.78, 5) is 29.7. The fourth-order valence-electron chi connectivity index (χ4n) is 4.84. The van der Waals surface area contributed by atoms with Gasteiger partial charge in [-0.05, 0) is 66.4 Å². The predicted octanol–water partition coefficient (Wildman–Crippen LogP) is 7.32. The van der Waals surface area contributed by atoms with Gasteiger partial charge in [-0.15, -0.1) is 0 Å². The van der Waals surface area contributed by atoms with Crippen LogP contribution in [0.25, 0.3) is 0 Å². The lowest BCUT2D eigenvalue weighted by Gasteiger charge is -2.34. The molecule has 0 saturated carbocycles. The predicted molar refractivity (Wildman–Crippen MR) is 181 cm³/mol. The third-order valence-corrected chi connectivity index (χ3v) is 9.96. The molecule has 0 bridgehead atoms. The van der Waals surface area contributed by atoms with Crippen molar-refractivity contribution in [3.8, 4) is 0 Å². The van der Waals surface area contributed by atoms with Crippen LogP contribution in [0.15, 0.2) is 102 Å². The highest BCUT2D eigenvalue weighted by Gasteiger charge is 2.35. The topological polar surface area (TPSA) is 86.8 Å². The molecule has 0 aliphatic rings. The first-order valence-electron chi connectivity index (χ1n) is 14.4. The average Bonchev–Trinajstić information content (AvgIpc) is 3.04. The van der Waals surface area contributed by atoms with E-state index < -0.39 is 28.5 Å². The maximum absolute atomic E-state index is 14.5. The summed E-state index contributed by atoms with van der Waals surface area (Å²) in [5.41, 5.74) is 2.31. The van der Waals surface area contributed by atoms with Gasteiger partial charge in [-0.2, -0.15) is 0 Å². The number of nitrogens with zero attached hydrogens (tertiary/aromatic N) is 2. The lowest BCUT2D eigenvalue weighted by Crippen LogP contribution is -2.53. The van der Waals surface area contributed by atoms with E-state index >= 15 is 0 Å². The van der Waals surface area contributed by atoms with Gasteiger partial charge in [-0.1, -0.05) is 102 Å². The van der Waals surface area contributed by atoms with Gasteiger partial charge in [0.15, 0.2) is 0 Å². The van der Waals surface area contributed by atoms with E-state index in [0.717, 1.165) is 9.87 Å². The Kier molecular flexibility index (Phi) is 11.9. The Bertz CT molecular complexity index is 1740. The third-order valence-electron chi connectivity index (χ3n) is 7.21. The number of carbonyl (C=O) groups is 2. The van der Waals surface area contributed by atoms with E-state index in [1.807, 2.05) is 37.3 Å². The summed E-state index contributed by atoms with van der Waals surface area (Å²) in [5.74, 6) is -0.946. The van der Waals surface area contributed by atoms with E-state index in [2.05, 4.69) is 5.32 Å². The van der Waals surface area contributed by atoms with Crippen molar-refractivity contribution < 1.29 is 18.0 Å². The highest BCUT2D eigenvalue weighted by Crippen LogP contribution is 2.30. The van der Waals surface area contributed by atoms with Crippen LogP contribution in [-0.4, -0.2) is 44.3 Å². The lowest BCUT2D eigenvalue weighted by atomic mass is 10.0. The molecule has 0 aliphatic carbocycles. The fourth-order valence-corrected chi connectivity index (χ4v) is 6.82. The molecule has 0 unspecified atom stereocenters. The number of benzene rings is 4. The largest absolute Gasteiger partial charge is 0.354 e. The quantitative estimate of drug-likeness (QED) is 0.160. The first kappa shape index (κ1) is 34.3. The highest BCUT2D eigenvalue weighted by molar-refractivity contribution is 7.92. The molecule has 4 aromatic rings. The Labute approximate surface area is 279 Å². The van der Waals surface area contributed by atoms with Gasteiger partial charge in [0.2, 0.25) is 11.8 Å². The minimum absolute atomic E-state index is 0.00901. The van der Waals surface area contributed by atoms with E-state index in [1.165, 1.54) is 23.1 Å². The van der Waals surface area contributed by atoms with Crippen molar-refractivity contribution >= 4 is 62.3 Å². The van der Waals surface area contributed by atoms with Gasteiger partial charge in [0, 0.05) is 24.5 Å². The number of nitrogens with one attached hydrogen (secondary N) is 1. The van der Waals surface area contributed by atoms with E-state index in [0.29, 0.717) is 39.2 Å². The van der Waals surface area contributed by atoms with Crippen LogP contribution in [0.5, 0.6) is 0 Å². The molecule has 0 fully saturated rings. The van der Waals surface area contributed by atoms with E-state index in [4.69, 9.17) is 34.8 Å². The first-order valence-corrected chi connectivity index (χ1v) is 17.0. The normalized spacial score (nSPS) is 11.9. The molecule has 0 aliphatic heterocycles. The molecule has 4 rings (SSSR count). The number of halogens is 3. The molecule has 4 aromatic carbocycles. The number of amides is 2. The summed E-state index contributed by atoms with van der Waals surface area (Å²) >= 11 is 18.8. The molecular weight excluding hydrogens is 653 g/mol. The Balaban J connectivity index is 1.83. The van der Waals surface area contributed by atoms with Crippen LogP contribution >= 0.6 is 34.8 Å². The van der Waals surface area contributed by atoms with E-state index in [9.17, 15) is 18.0 Å². The minimum Gasteiger partial charge on any atom is -0.354 e. The van der Waals surface area contributed by atoms with Crippen LogP contribution < -0.4 is 9.62 Å². The Morgan fingerprint density at radius 3 is 2.13 bits per heavy atom. The molecular formula is C34H34Cl3N3O4S. The van der Waals surface area contributed by atoms with Crippen molar-refractivity contribution in [1.29, 1.82) is 0 Å². The molecule has 11 heteroatoms. The molecule has 0 spiro atoms. The van der Waals surface area contributed by atoms with E-state index in [-0.39, 0.29) is 29.5 Å². The van der Waals surface area contributed by atoms with Crippen molar-refractivity contribution in [3.63, 3.8) is 0 Å². The van der Waals surface area contributed by atoms with Crippen LogP contribution in [0.1, 0.15) is 30.0 Å². The Morgan fingerprint density at radius 2 is 1.49 bits per heavy atom. The number of rotatable bonds is 13. The average molecular weight is 687 g/mol. The zero-order valence-corrected chi connectivity index (χ0v) is 28.0. The zero-order chi connectivity index (χ0) is 32.6. The molecule has 1 N–H and O–H groups in total. The molecule has 0 saturated heterocycles. The fraction of sp³-hybridized carbons (Fsp3) is 0.235. The van der Waals surface area contributed by atoms with Crippen LogP contribution in [0.3, 0.4) is 0 Å².